The van der Waals surface area contributed by atoms with Crippen molar-refractivity contribution in [2.75, 3.05) is 41.9 Å². The molecule has 0 saturated carbocycles. The number of rotatable bonds is 7. The van der Waals surface area contributed by atoms with Crippen LogP contribution in [0.15, 0.2) is 43.0 Å². The first kappa shape index (κ1) is 26.4. The lowest BCUT2D eigenvalue weighted by Crippen LogP contribution is -2.54. The van der Waals surface area contributed by atoms with Crippen molar-refractivity contribution in [2.24, 2.45) is 7.05 Å². The van der Waals surface area contributed by atoms with Crippen molar-refractivity contribution in [1.29, 1.82) is 0 Å². The molecule has 0 bridgehead atoms. The number of methoxy groups -OCH3 is 1. The molecule has 4 atom stereocenters. The smallest absolute Gasteiger partial charge is 0.227 e. The van der Waals surface area contributed by atoms with Crippen LogP contribution in [0.5, 0.6) is 0 Å². The fraction of sp³-hybridized carbons (Fsp3) is 0.483. The Bertz CT molecular complexity index is 1510. The van der Waals surface area contributed by atoms with Gasteiger partial charge >= 0.3 is 0 Å². The van der Waals surface area contributed by atoms with Gasteiger partial charge in [-0.1, -0.05) is 19.9 Å². The van der Waals surface area contributed by atoms with E-state index in [1.807, 2.05) is 28.8 Å². The van der Waals surface area contributed by atoms with E-state index in [1.54, 1.807) is 19.6 Å². The average Bonchev–Trinajstić information content (AvgIpc) is 3.37. The highest BCUT2D eigenvalue weighted by Gasteiger charge is 2.40. The summed E-state index contributed by atoms with van der Waals surface area (Å²) in [6, 6.07) is 8.73. The lowest BCUT2D eigenvalue weighted by Gasteiger charge is -2.47. The Morgan fingerprint density at radius 1 is 1.10 bits per heavy atom. The minimum absolute atomic E-state index is 0.156. The Kier molecular flexibility index (Phi) is 7.01. The molecule has 2 saturated heterocycles. The topological polar surface area (TPSA) is 117 Å². The molecule has 4 aromatic rings. The van der Waals surface area contributed by atoms with Gasteiger partial charge in [0.15, 0.2) is 0 Å². The summed E-state index contributed by atoms with van der Waals surface area (Å²) in [7, 11) is 3.64. The Morgan fingerprint density at radius 3 is 2.65 bits per heavy atom. The van der Waals surface area contributed by atoms with Crippen LogP contribution in [0.25, 0.3) is 10.8 Å². The lowest BCUT2D eigenvalue weighted by molar-refractivity contribution is -0.0219. The summed E-state index contributed by atoms with van der Waals surface area (Å²) in [5.41, 5.74) is 2.47. The molecule has 2 aliphatic heterocycles. The van der Waals surface area contributed by atoms with Crippen molar-refractivity contribution in [3.05, 3.63) is 54.4 Å². The van der Waals surface area contributed by atoms with Gasteiger partial charge in [-0.15, -0.1) is 10.2 Å². The number of pyridine rings is 1. The van der Waals surface area contributed by atoms with Crippen LogP contribution in [0.3, 0.4) is 0 Å². The molecule has 0 unspecified atom stereocenters. The average molecular weight is 544 g/mol. The second kappa shape index (κ2) is 10.6. The standard InChI is InChI=1S/C29H37N9O2/c1-17(2)19-6-7-23(38-14-22(18(38)3)28-35-32-16-36(28)4)21-13-31-27(12-20(19)21)33-26-8-10-30-29(34-26)37-11-9-25(40-5)24(39)15-37/h6-8,10,12-13,16-18,22,24-25,39H,9,11,14-15H2,1-5H3,(H,30,31,33,34)/t18-,22+,24-,25-/m0/s1. The summed E-state index contributed by atoms with van der Waals surface area (Å²) >= 11 is 0. The molecule has 6 rings (SSSR count). The van der Waals surface area contributed by atoms with Gasteiger partial charge in [-0.2, -0.15) is 4.98 Å². The Labute approximate surface area is 234 Å². The summed E-state index contributed by atoms with van der Waals surface area (Å²) in [5.74, 6) is 3.69. The number of nitrogens with zero attached hydrogens (tertiary/aromatic N) is 8. The van der Waals surface area contributed by atoms with Crippen LogP contribution in [0.4, 0.5) is 23.3 Å². The van der Waals surface area contributed by atoms with Crippen molar-refractivity contribution < 1.29 is 9.84 Å². The molecule has 210 valence electrons. The molecule has 11 nitrogen and oxygen atoms in total. The summed E-state index contributed by atoms with van der Waals surface area (Å²) in [6.45, 7) is 8.73. The number of ether oxygens (including phenoxy) is 1. The summed E-state index contributed by atoms with van der Waals surface area (Å²) in [4.78, 5) is 18.4. The van der Waals surface area contributed by atoms with E-state index in [0.29, 0.717) is 36.2 Å². The molecule has 0 spiro atoms. The predicted molar refractivity (Wildman–Crippen MR) is 155 cm³/mol. The molecule has 3 aromatic heterocycles. The van der Waals surface area contributed by atoms with Gasteiger partial charge in [0.25, 0.3) is 0 Å². The number of nitrogens with one attached hydrogen (secondary N) is 1. The van der Waals surface area contributed by atoms with Crippen molar-refractivity contribution >= 4 is 34.0 Å². The number of benzene rings is 1. The first-order valence-corrected chi connectivity index (χ1v) is 13.9. The van der Waals surface area contributed by atoms with E-state index in [0.717, 1.165) is 36.5 Å². The van der Waals surface area contributed by atoms with E-state index >= 15 is 0 Å². The third-order valence-corrected chi connectivity index (χ3v) is 8.39. The monoisotopic (exact) mass is 543 g/mol. The second-order valence-electron chi connectivity index (χ2n) is 11.2. The highest BCUT2D eigenvalue weighted by atomic mass is 16.5. The van der Waals surface area contributed by atoms with Crippen molar-refractivity contribution in [1.82, 2.24) is 29.7 Å². The van der Waals surface area contributed by atoms with Crippen LogP contribution in [0.1, 0.15) is 50.4 Å². The van der Waals surface area contributed by atoms with Gasteiger partial charge in [0.1, 0.15) is 23.8 Å². The van der Waals surface area contributed by atoms with Crippen molar-refractivity contribution in [3.8, 4) is 0 Å². The minimum atomic E-state index is -0.574. The largest absolute Gasteiger partial charge is 0.389 e. The minimum Gasteiger partial charge on any atom is -0.389 e. The molecule has 40 heavy (non-hydrogen) atoms. The number of aliphatic hydroxyl groups excluding tert-OH is 1. The molecule has 0 radical (unpaired) electrons. The molecule has 2 aliphatic rings. The first-order valence-electron chi connectivity index (χ1n) is 13.9. The van der Waals surface area contributed by atoms with E-state index in [9.17, 15) is 5.11 Å². The molecule has 11 heteroatoms. The van der Waals surface area contributed by atoms with Crippen LogP contribution in [0.2, 0.25) is 0 Å². The number of piperidine rings is 1. The van der Waals surface area contributed by atoms with Crippen LogP contribution in [-0.2, 0) is 11.8 Å². The zero-order valence-electron chi connectivity index (χ0n) is 23.7. The van der Waals surface area contributed by atoms with Crippen LogP contribution >= 0.6 is 0 Å². The van der Waals surface area contributed by atoms with Gasteiger partial charge in [-0.25, -0.2) is 9.97 Å². The normalized spacial score (nSPS) is 23.1. The Morgan fingerprint density at radius 2 is 1.95 bits per heavy atom. The van der Waals surface area contributed by atoms with Crippen molar-refractivity contribution in [2.45, 2.75) is 57.3 Å². The molecular weight excluding hydrogens is 506 g/mol. The van der Waals surface area contributed by atoms with E-state index in [2.05, 4.69) is 64.4 Å². The number of anilines is 4. The van der Waals surface area contributed by atoms with Gasteiger partial charge in [0.2, 0.25) is 5.95 Å². The molecular formula is C29H37N9O2. The van der Waals surface area contributed by atoms with Gasteiger partial charge < -0.3 is 29.5 Å². The molecule has 0 aliphatic carbocycles. The molecule has 2 fully saturated rings. The van der Waals surface area contributed by atoms with Crippen LogP contribution < -0.4 is 15.1 Å². The van der Waals surface area contributed by atoms with Gasteiger partial charge in [-0.3, -0.25) is 0 Å². The predicted octanol–water partition coefficient (Wildman–Crippen LogP) is 3.60. The number of aryl methyl sites for hydroxylation is 1. The third-order valence-electron chi connectivity index (χ3n) is 8.39. The number of β-amino-alcohol motifs (C(OH)–C–C–N with tert-alkyl or cyclic N) is 1. The quantitative estimate of drug-likeness (QED) is 0.358. The van der Waals surface area contributed by atoms with E-state index < -0.39 is 6.10 Å². The first-order chi connectivity index (χ1) is 19.3. The summed E-state index contributed by atoms with van der Waals surface area (Å²) < 4.78 is 7.39. The van der Waals surface area contributed by atoms with Gasteiger partial charge in [0.05, 0.1) is 18.1 Å². The van der Waals surface area contributed by atoms with E-state index in [4.69, 9.17) is 14.7 Å². The fourth-order valence-electron chi connectivity index (χ4n) is 5.99. The van der Waals surface area contributed by atoms with Crippen LogP contribution in [0, 0.1) is 0 Å². The summed E-state index contributed by atoms with van der Waals surface area (Å²) in [5, 5.41) is 24.5. The fourth-order valence-corrected chi connectivity index (χ4v) is 5.99. The number of hydrogen-bond donors (Lipinski definition) is 2. The maximum atomic E-state index is 10.4. The van der Waals surface area contributed by atoms with Gasteiger partial charge in [0, 0.05) is 63.3 Å². The van der Waals surface area contributed by atoms with E-state index in [1.165, 1.54) is 16.6 Å². The maximum Gasteiger partial charge on any atom is 0.227 e. The number of aliphatic hydroxyl groups is 1. The second-order valence-corrected chi connectivity index (χ2v) is 11.2. The summed E-state index contributed by atoms with van der Waals surface area (Å²) in [6.07, 6.45) is 5.46. The molecule has 1 aromatic carbocycles. The zero-order valence-corrected chi connectivity index (χ0v) is 23.7. The molecule has 0 amide bonds. The number of fused-ring (bicyclic) bond motifs is 1. The Balaban J connectivity index is 1.26. The van der Waals surface area contributed by atoms with Gasteiger partial charge in [-0.05, 0) is 48.4 Å². The maximum absolute atomic E-state index is 10.4. The number of hydrogen-bond acceptors (Lipinski definition) is 10. The van der Waals surface area contributed by atoms with Crippen LogP contribution in [-0.4, -0.2) is 79.8 Å². The molecule has 5 heterocycles. The van der Waals surface area contributed by atoms with E-state index in [-0.39, 0.29) is 6.10 Å². The number of aromatic nitrogens is 6. The zero-order chi connectivity index (χ0) is 28.0. The SMILES string of the molecule is CO[C@H]1CCN(c2nccc(Nc3cc4c(C(C)C)ccc(N5C[C@@H](c6nncn6C)[C@@H]5C)c4cn3)n2)C[C@@H]1O. The highest BCUT2D eigenvalue weighted by Crippen LogP contribution is 2.42. The Hall–Kier alpha value is -3.83. The molecule has 2 N–H and O–H groups in total. The third kappa shape index (κ3) is 4.73. The highest BCUT2D eigenvalue weighted by molar-refractivity contribution is 5.98. The lowest BCUT2D eigenvalue weighted by atomic mass is 9.86. The van der Waals surface area contributed by atoms with Crippen molar-refractivity contribution in [3.63, 3.8) is 0 Å².